The molecule has 0 spiro atoms. The number of thiazole rings is 1. The summed E-state index contributed by atoms with van der Waals surface area (Å²) in [5, 5.41) is 3.53. The van der Waals surface area contributed by atoms with E-state index in [0.29, 0.717) is 40.1 Å². The zero-order valence-electron chi connectivity index (χ0n) is 19.3. The number of benzene rings is 1. The van der Waals surface area contributed by atoms with Crippen LogP contribution in [0.15, 0.2) is 46.1 Å². The molecule has 184 valence electrons. The van der Waals surface area contributed by atoms with Crippen LogP contribution in [0.2, 0.25) is 0 Å². The molecule has 0 saturated heterocycles. The number of halogens is 1. The summed E-state index contributed by atoms with van der Waals surface area (Å²) in [5.74, 6) is 1.67. The lowest BCUT2D eigenvalue weighted by molar-refractivity contribution is -0.121. The molecule has 0 amide bonds. The summed E-state index contributed by atoms with van der Waals surface area (Å²) in [6.45, 7) is 2.10. The van der Waals surface area contributed by atoms with Gasteiger partial charge in [0.25, 0.3) is 0 Å². The number of Topliss-reactive ketones (excluding diaryl/α,β-unsaturated/α-hetero) is 1. The highest BCUT2D eigenvalue weighted by Gasteiger charge is 2.21. The van der Waals surface area contributed by atoms with Crippen molar-refractivity contribution < 1.29 is 13.7 Å². The SMILES string of the molecule is CCCCS(=O)c1sc2nc(-c3nccs3)cc(-c3ccc(OCC(=O)CCCCl)cc3)c2c1N. The molecule has 0 fully saturated rings. The van der Waals surface area contributed by atoms with Gasteiger partial charge < -0.3 is 10.5 Å². The number of ether oxygens (including phenoxy) is 1. The standard InChI is InChI=1S/C25H26ClN3O3S3/c1-2-3-13-35(31)25-22(27)21-19(14-20(29-24(21)34-25)23-28-11-12-33-23)16-6-8-18(9-7-16)32-15-17(30)5-4-10-26/h6-9,11-12,14H,2-5,10,13,15,27H2,1H3. The van der Waals surface area contributed by atoms with Gasteiger partial charge in [-0.05, 0) is 42.2 Å². The molecule has 0 bridgehead atoms. The Morgan fingerprint density at radius 3 is 2.71 bits per heavy atom. The van der Waals surface area contributed by atoms with E-state index in [-0.39, 0.29) is 12.4 Å². The summed E-state index contributed by atoms with van der Waals surface area (Å²) in [5.41, 5.74) is 9.66. The number of hydrogen-bond acceptors (Lipinski definition) is 8. The topological polar surface area (TPSA) is 95.2 Å². The molecule has 0 radical (unpaired) electrons. The molecule has 1 aromatic carbocycles. The van der Waals surface area contributed by atoms with Crippen LogP contribution in [0.3, 0.4) is 0 Å². The molecule has 0 saturated carbocycles. The first kappa shape index (κ1) is 25.8. The van der Waals surface area contributed by atoms with E-state index in [1.54, 1.807) is 6.20 Å². The second-order valence-corrected chi connectivity index (χ2v) is 12.0. The molecule has 6 nitrogen and oxygen atoms in total. The molecular weight excluding hydrogens is 522 g/mol. The molecule has 3 aromatic heterocycles. The van der Waals surface area contributed by atoms with E-state index in [1.165, 1.54) is 22.7 Å². The zero-order valence-corrected chi connectivity index (χ0v) is 22.5. The number of nitrogens with two attached hydrogens (primary N) is 1. The average Bonchev–Trinajstić information content (AvgIpc) is 3.53. The third-order valence-electron chi connectivity index (χ3n) is 5.36. The average molecular weight is 548 g/mol. The molecular formula is C25H26ClN3O3S3. The van der Waals surface area contributed by atoms with Crippen molar-refractivity contribution in [2.45, 2.75) is 36.8 Å². The summed E-state index contributed by atoms with van der Waals surface area (Å²) >= 11 is 8.56. The number of fused-ring (bicyclic) bond motifs is 1. The number of nitrogen functional groups attached to an aromatic ring is 1. The van der Waals surface area contributed by atoms with Gasteiger partial charge in [-0.25, -0.2) is 9.97 Å². The van der Waals surface area contributed by atoms with Crippen molar-refractivity contribution >= 4 is 66.8 Å². The summed E-state index contributed by atoms with van der Waals surface area (Å²) in [7, 11) is -1.17. The first-order valence-corrected chi connectivity index (χ1v) is 14.9. The Morgan fingerprint density at radius 1 is 1.23 bits per heavy atom. The molecule has 0 aliphatic carbocycles. The molecule has 0 aliphatic rings. The lowest BCUT2D eigenvalue weighted by Crippen LogP contribution is -2.11. The van der Waals surface area contributed by atoms with Crippen LogP contribution >= 0.6 is 34.3 Å². The van der Waals surface area contributed by atoms with Crippen LogP contribution in [0.5, 0.6) is 5.75 Å². The highest BCUT2D eigenvalue weighted by atomic mass is 35.5. The normalized spacial score (nSPS) is 12.2. The number of alkyl halides is 1. The van der Waals surface area contributed by atoms with Gasteiger partial charge in [0, 0.05) is 35.0 Å². The Bertz CT molecular complexity index is 1320. The van der Waals surface area contributed by atoms with Crippen molar-refractivity contribution in [1.82, 2.24) is 9.97 Å². The van der Waals surface area contributed by atoms with Crippen LogP contribution in [0.4, 0.5) is 5.69 Å². The van der Waals surface area contributed by atoms with Gasteiger partial charge in [-0.3, -0.25) is 9.00 Å². The van der Waals surface area contributed by atoms with Gasteiger partial charge in [-0.1, -0.05) is 25.5 Å². The Hall–Kier alpha value is -2.33. The molecule has 4 aromatic rings. The van der Waals surface area contributed by atoms with Crippen molar-refractivity contribution in [1.29, 1.82) is 0 Å². The fourth-order valence-electron chi connectivity index (χ4n) is 3.56. The van der Waals surface area contributed by atoms with Gasteiger partial charge in [-0.2, -0.15) is 0 Å². The van der Waals surface area contributed by atoms with E-state index in [1.807, 2.05) is 35.7 Å². The molecule has 35 heavy (non-hydrogen) atoms. The summed E-state index contributed by atoms with van der Waals surface area (Å²) in [6.07, 6.45) is 4.66. The minimum atomic E-state index is -1.17. The number of carbonyl (C=O) groups excluding carboxylic acids is 1. The minimum Gasteiger partial charge on any atom is -0.486 e. The molecule has 3 heterocycles. The maximum Gasteiger partial charge on any atom is 0.170 e. The van der Waals surface area contributed by atoms with Crippen molar-refractivity contribution in [2.75, 3.05) is 24.0 Å². The van der Waals surface area contributed by atoms with Crippen LogP contribution in [0, 0.1) is 0 Å². The van der Waals surface area contributed by atoms with E-state index in [9.17, 15) is 9.00 Å². The Morgan fingerprint density at radius 2 is 2.03 bits per heavy atom. The Labute approximate surface area is 220 Å². The molecule has 2 N–H and O–H groups in total. The highest BCUT2D eigenvalue weighted by molar-refractivity contribution is 7.87. The monoisotopic (exact) mass is 547 g/mol. The van der Waals surface area contributed by atoms with Gasteiger partial charge in [-0.15, -0.1) is 34.3 Å². The van der Waals surface area contributed by atoms with Gasteiger partial charge in [0.15, 0.2) is 5.78 Å². The number of unbranched alkanes of at least 4 members (excludes halogenated alkanes) is 1. The number of anilines is 1. The van der Waals surface area contributed by atoms with E-state index in [4.69, 9.17) is 27.1 Å². The van der Waals surface area contributed by atoms with Crippen LogP contribution < -0.4 is 10.5 Å². The van der Waals surface area contributed by atoms with Crippen molar-refractivity contribution in [3.63, 3.8) is 0 Å². The second kappa shape index (κ2) is 12.1. The largest absolute Gasteiger partial charge is 0.486 e. The zero-order chi connectivity index (χ0) is 24.8. The predicted molar refractivity (Wildman–Crippen MR) is 147 cm³/mol. The van der Waals surface area contributed by atoms with Crippen LogP contribution in [-0.4, -0.2) is 38.2 Å². The number of hydrogen-bond donors (Lipinski definition) is 1. The first-order chi connectivity index (χ1) is 17.0. The van der Waals surface area contributed by atoms with E-state index >= 15 is 0 Å². The summed E-state index contributed by atoms with van der Waals surface area (Å²) in [4.78, 5) is 21.9. The van der Waals surface area contributed by atoms with Crippen molar-refractivity contribution in [3.8, 4) is 27.6 Å². The van der Waals surface area contributed by atoms with Gasteiger partial charge in [0.1, 0.15) is 32.1 Å². The third-order valence-corrected chi connectivity index (χ3v) is 9.42. The van der Waals surface area contributed by atoms with E-state index < -0.39 is 10.8 Å². The molecule has 4 rings (SSSR count). The maximum atomic E-state index is 12.9. The highest BCUT2D eigenvalue weighted by Crippen LogP contribution is 2.43. The number of nitrogens with zero attached hydrogens (tertiary/aromatic N) is 2. The maximum absolute atomic E-state index is 12.9. The van der Waals surface area contributed by atoms with Crippen molar-refractivity contribution in [3.05, 3.63) is 41.9 Å². The number of aromatic nitrogens is 2. The fraction of sp³-hybridized carbons (Fsp3) is 0.320. The number of carbonyl (C=O) groups is 1. The number of rotatable bonds is 12. The van der Waals surface area contributed by atoms with E-state index in [2.05, 4.69) is 11.9 Å². The first-order valence-electron chi connectivity index (χ1n) is 11.3. The molecule has 1 unspecified atom stereocenters. The number of pyridine rings is 1. The Kier molecular flexibility index (Phi) is 8.89. The molecule has 0 aliphatic heterocycles. The smallest absolute Gasteiger partial charge is 0.170 e. The number of thiophene rings is 1. The van der Waals surface area contributed by atoms with Gasteiger partial charge in [0.05, 0.1) is 16.5 Å². The predicted octanol–water partition coefficient (Wildman–Crippen LogP) is 6.54. The van der Waals surface area contributed by atoms with Crippen LogP contribution in [-0.2, 0) is 15.6 Å². The van der Waals surface area contributed by atoms with Crippen LogP contribution in [0.1, 0.15) is 32.6 Å². The molecule has 1 atom stereocenters. The molecule has 10 heteroatoms. The van der Waals surface area contributed by atoms with Gasteiger partial charge in [0.2, 0.25) is 0 Å². The quantitative estimate of drug-likeness (QED) is 0.202. The van der Waals surface area contributed by atoms with E-state index in [0.717, 1.165) is 44.9 Å². The van der Waals surface area contributed by atoms with Crippen molar-refractivity contribution in [2.24, 2.45) is 0 Å². The minimum absolute atomic E-state index is 0.0216. The van der Waals surface area contributed by atoms with Gasteiger partial charge >= 0.3 is 0 Å². The Balaban J connectivity index is 1.70. The lowest BCUT2D eigenvalue weighted by Gasteiger charge is -2.10. The lowest BCUT2D eigenvalue weighted by atomic mass is 10.0. The summed E-state index contributed by atoms with van der Waals surface area (Å²) < 4.78 is 19.3. The second-order valence-electron chi connectivity index (χ2n) is 7.92. The van der Waals surface area contributed by atoms with Crippen LogP contribution in [0.25, 0.3) is 32.0 Å². The number of ketones is 1. The fourth-order valence-corrected chi connectivity index (χ4v) is 7.08. The summed E-state index contributed by atoms with van der Waals surface area (Å²) in [6, 6.07) is 9.52. The third kappa shape index (κ3) is 6.09.